The quantitative estimate of drug-likeness (QED) is 0.765. The molecule has 3 heteroatoms. The van der Waals surface area contributed by atoms with Crippen molar-refractivity contribution in [1.82, 2.24) is 10.2 Å². The molecule has 1 aliphatic rings. The third-order valence-electron chi connectivity index (χ3n) is 3.38. The van der Waals surface area contributed by atoms with Gasteiger partial charge < -0.3 is 10.2 Å². The van der Waals surface area contributed by atoms with Crippen LogP contribution in [0, 0.1) is 5.92 Å². The number of thiophene rings is 1. The SMILES string of the molecule is CCN1CCC(CNCCc2cccs2)C1. The summed E-state index contributed by atoms with van der Waals surface area (Å²) in [6.45, 7) is 8.39. The summed E-state index contributed by atoms with van der Waals surface area (Å²) in [7, 11) is 0. The van der Waals surface area contributed by atoms with Gasteiger partial charge in [0.2, 0.25) is 0 Å². The molecule has 2 rings (SSSR count). The molecule has 0 radical (unpaired) electrons. The van der Waals surface area contributed by atoms with E-state index in [0.717, 1.165) is 12.5 Å². The van der Waals surface area contributed by atoms with Crippen molar-refractivity contribution in [2.75, 3.05) is 32.7 Å². The van der Waals surface area contributed by atoms with Gasteiger partial charge in [-0.2, -0.15) is 0 Å². The average molecular weight is 238 g/mol. The van der Waals surface area contributed by atoms with Gasteiger partial charge in [-0.25, -0.2) is 0 Å². The van der Waals surface area contributed by atoms with Crippen molar-refractivity contribution in [1.29, 1.82) is 0 Å². The molecule has 1 unspecified atom stereocenters. The molecule has 1 aromatic rings. The monoisotopic (exact) mass is 238 g/mol. The first kappa shape index (κ1) is 12.1. The Bertz CT molecular complexity index is 284. The predicted molar refractivity (Wildman–Crippen MR) is 71.1 cm³/mol. The smallest absolute Gasteiger partial charge is 0.00578 e. The van der Waals surface area contributed by atoms with E-state index >= 15 is 0 Å². The summed E-state index contributed by atoms with van der Waals surface area (Å²) >= 11 is 1.86. The Morgan fingerprint density at radius 1 is 1.56 bits per heavy atom. The first-order valence-electron chi connectivity index (χ1n) is 6.34. The molecule has 0 aliphatic carbocycles. The van der Waals surface area contributed by atoms with E-state index in [2.05, 4.69) is 34.7 Å². The van der Waals surface area contributed by atoms with E-state index in [-0.39, 0.29) is 0 Å². The van der Waals surface area contributed by atoms with Crippen molar-refractivity contribution in [2.24, 2.45) is 5.92 Å². The van der Waals surface area contributed by atoms with Gasteiger partial charge in [-0.15, -0.1) is 11.3 Å². The lowest BCUT2D eigenvalue weighted by Crippen LogP contribution is -2.27. The van der Waals surface area contributed by atoms with Gasteiger partial charge in [0.1, 0.15) is 0 Å². The minimum Gasteiger partial charge on any atom is -0.316 e. The molecule has 1 fully saturated rings. The first-order valence-corrected chi connectivity index (χ1v) is 7.22. The largest absolute Gasteiger partial charge is 0.316 e. The summed E-state index contributed by atoms with van der Waals surface area (Å²) in [4.78, 5) is 4.04. The van der Waals surface area contributed by atoms with Crippen molar-refractivity contribution >= 4 is 11.3 Å². The highest BCUT2D eigenvalue weighted by atomic mass is 32.1. The second-order valence-electron chi connectivity index (χ2n) is 4.58. The fourth-order valence-corrected chi connectivity index (χ4v) is 3.05. The maximum absolute atomic E-state index is 3.59. The van der Waals surface area contributed by atoms with Gasteiger partial charge in [-0.3, -0.25) is 0 Å². The molecule has 0 amide bonds. The lowest BCUT2D eigenvalue weighted by molar-refractivity contribution is 0.339. The van der Waals surface area contributed by atoms with E-state index in [1.807, 2.05) is 11.3 Å². The van der Waals surface area contributed by atoms with Gasteiger partial charge in [-0.1, -0.05) is 13.0 Å². The highest BCUT2D eigenvalue weighted by Crippen LogP contribution is 2.14. The summed E-state index contributed by atoms with van der Waals surface area (Å²) in [5.41, 5.74) is 0. The molecule has 1 aliphatic heterocycles. The second kappa shape index (κ2) is 6.38. The molecule has 0 bridgehead atoms. The fourth-order valence-electron chi connectivity index (χ4n) is 2.34. The standard InChI is InChI=1S/C13H22N2S/c1-2-15-8-6-12(11-15)10-14-7-5-13-4-3-9-16-13/h3-4,9,12,14H,2,5-8,10-11H2,1H3. The zero-order chi connectivity index (χ0) is 11.2. The van der Waals surface area contributed by atoms with E-state index in [1.54, 1.807) is 0 Å². The fraction of sp³-hybridized carbons (Fsp3) is 0.692. The van der Waals surface area contributed by atoms with Crippen LogP contribution < -0.4 is 5.32 Å². The van der Waals surface area contributed by atoms with Gasteiger partial charge in [0.15, 0.2) is 0 Å². The van der Waals surface area contributed by atoms with Crippen LogP contribution in [0.3, 0.4) is 0 Å². The highest BCUT2D eigenvalue weighted by Gasteiger charge is 2.20. The molecule has 0 saturated carbocycles. The van der Waals surface area contributed by atoms with Gasteiger partial charge in [0.25, 0.3) is 0 Å². The van der Waals surface area contributed by atoms with E-state index in [4.69, 9.17) is 0 Å². The zero-order valence-electron chi connectivity index (χ0n) is 10.1. The lowest BCUT2D eigenvalue weighted by atomic mass is 10.1. The Morgan fingerprint density at radius 3 is 3.19 bits per heavy atom. The molecular weight excluding hydrogens is 216 g/mol. The van der Waals surface area contributed by atoms with Crippen LogP contribution in [0.5, 0.6) is 0 Å². The van der Waals surface area contributed by atoms with E-state index < -0.39 is 0 Å². The van der Waals surface area contributed by atoms with Crippen LogP contribution in [-0.4, -0.2) is 37.6 Å². The molecule has 2 heterocycles. The topological polar surface area (TPSA) is 15.3 Å². The number of nitrogens with zero attached hydrogens (tertiary/aromatic N) is 1. The van der Waals surface area contributed by atoms with Crippen molar-refractivity contribution in [3.63, 3.8) is 0 Å². The van der Waals surface area contributed by atoms with Crippen LogP contribution >= 0.6 is 11.3 Å². The van der Waals surface area contributed by atoms with Crippen molar-refractivity contribution < 1.29 is 0 Å². The Balaban J connectivity index is 1.55. The number of hydrogen-bond donors (Lipinski definition) is 1. The molecule has 1 aromatic heterocycles. The Kier molecular flexibility index (Phi) is 4.82. The number of rotatable bonds is 6. The Morgan fingerprint density at radius 2 is 2.50 bits per heavy atom. The van der Waals surface area contributed by atoms with Crippen LogP contribution in [0.4, 0.5) is 0 Å². The van der Waals surface area contributed by atoms with Crippen molar-refractivity contribution in [3.8, 4) is 0 Å². The summed E-state index contributed by atoms with van der Waals surface area (Å²) in [5.74, 6) is 0.878. The number of nitrogens with one attached hydrogen (secondary N) is 1. The lowest BCUT2D eigenvalue weighted by Gasteiger charge is -2.13. The van der Waals surface area contributed by atoms with Gasteiger partial charge in [-0.05, 0) is 56.4 Å². The van der Waals surface area contributed by atoms with E-state index in [9.17, 15) is 0 Å². The highest BCUT2D eigenvalue weighted by molar-refractivity contribution is 7.09. The van der Waals surface area contributed by atoms with E-state index in [0.29, 0.717) is 0 Å². The zero-order valence-corrected chi connectivity index (χ0v) is 10.9. The molecule has 1 saturated heterocycles. The minimum atomic E-state index is 0.878. The molecule has 0 aromatic carbocycles. The third-order valence-corrected chi connectivity index (χ3v) is 4.31. The second-order valence-corrected chi connectivity index (χ2v) is 5.61. The first-order chi connectivity index (χ1) is 7.88. The molecule has 90 valence electrons. The van der Waals surface area contributed by atoms with Crippen LogP contribution in [0.2, 0.25) is 0 Å². The molecule has 1 N–H and O–H groups in total. The summed E-state index contributed by atoms with van der Waals surface area (Å²) in [5, 5.41) is 5.75. The molecular formula is C13H22N2S. The molecule has 16 heavy (non-hydrogen) atoms. The molecule has 0 spiro atoms. The van der Waals surface area contributed by atoms with E-state index in [1.165, 1.54) is 43.9 Å². The van der Waals surface area contributed by atoms with Crippen LogP contribution in [0.1, 0.15) is 18.2 Å². The Hall–Kier alpha value is -0.380. The maximum Gasteiger partial charge on any atom is 0.00578 e. The van der Waals surface area contributed by atoms with Gasteiger partial charge in [0.05, 0.1) is 0 Å². The molecule has 2 nitrogen and oxygen atoms in total. The minimum absolute atomic E-state index is 0.878. The summed E-state index contributed by atoms with van der Waals surface area (Å²) in [6.07, 6.45) is 2.56. The summed E-state index contributed by atoms with van der Waals surface area (Å²) < 4.78 is 0. The van der Waals surface area contributed by atoms with Gasteiger partial charge in [0, 0.05) is 11.4 Å². The van der Waals surface area contributed by atoms with Crippen LogP contribution in [-0.2, 0) is 6.42 Å². The third kappa shape index (κ3) is 3.58. The normalized spacial score (nSPS) is 21.7. The van der Waals surface area contributed by atoms with Crippen LogP contribution in [0.15, 0.2) is 17.5 Å². The number of likely N-dealkylation sites (tertiary alicyclic amines) is 1. The van der Waals surface area contributed by atoms with Gasteiger partial charge >= 0.3 is 0 Å². The molecule has 1 atom stereocenters. The van der Waals surface area contributed by atoms with Crippen molar-refractivity contribution in [3.05, 3.63) is 22.4 Å². The number of hydrogen-bond acceptors (Lipinski definition) is 3. The van der Waals surface area contributed by atoms with Crippen LogP contribution in [0.25, 0.3) is 0 Å². The maximum atomic E-state index is 3.59. The van der Waals surface area contributed by atoms with Crippen molar-refractivity contribution in [2.45, 2.75) is 19.8 Å². The summed E-state index contributed by atoms with van der Waals surface area (Å²) in [6, 6.07) is 4.36. The average Bonchev–Trinajstić information content (AvgIpc) is 2.95. The Labute approximate surface area is 103 Å². The predicted octanol–water partition coefficient (Wildman–Crippen LogP) is 2.22.